The third-order valence-corrected chi connectivity index (χ3v) is 5.93. The van der Waals surface area contributed by atoms with E-state index in [1.165, 1.54) is 6.07 Å². The molecule has 5 rings (SSSR count). The maximum atomic E-state index is 13.4. The van der Waals surface area contributed by atoms with E-state index in [1.54, 1.807) is 17.3 Å². The van der Waals surface area contributed by atoms with Crippen molar-refractivity contribution in [3.05, 3.63) is 52.3 Å². The van der Waals surface area contributed by atoms with Crippen LogP contribution in [0.2, 0.25) is 10.0 Å². The van der Waals surface area contributed by atoms with Gasteiger partial charge in [0.1, 0.15) is 0 Å². The molecule has 3 aliphatic rings. The molecule has 3 fully saturated rings. The first-order chi connectivity index (χ1) is 13.4. The molecule has 1 aromatic carbocycles. The fraction of sp³-hybridized carbons (Fsp3) is 0.368. The van der Waals surface area contributed by atoms with E-state index < -0.39 is 11.6 Å². The van der Waals surface area contributed by atoms with E-state index in [0.29, 0.717) is 23.1 Å². The summed E-state index contributed by atoms with van der Waals surface area (Å²) in [6.45, 7) is 1.21. The number of anilines is 2. The van der Waals surface area contributed by atoms with Gasteiger partial charge in [0, 0.05) is 49.3 Å². The minimum atomic E-state index is -0.997. The van der Waals surface area contributed by atoms with Crippen LogP contribution in [-0.4, -0.2) is 41.1 Å². The van der Waals surface area contributed by atoms with Crippen molar-refractivity contribution in [3.8, 4) is 0 Å². The molecule has 2 aromatic rings. The molecule has 5 nitrogen and oxygen atoms in total. The SMILES string of the molecule is O=C(Nc1ccc(F)c(F)c1)N1CC2CCC1CCN2c1c(Cl)cncc1Cl. The van der Waals surface area contributed by atoms with Crippen molar-refractivity contribution in [2.24, 2.45) is 0 Å². The van der Waals surface area contributed by atoms with Crippen molar-refractivity contribution in [2.75, 3.05) is 23.3 Å². The van der Waals surface area contributed by atoms with Crippen LogP contribution < -0.4 is 10.2 Å². The number of carbonyl (C=O) groups excluding carboxylic acids is 1. The highest BCUT2D eigenvalue weighted by Crippen LogP contribution is 2.39. The Bertz CT molecular complexity index is 893. The number of piperidine rings is 1. The van der Waals surface area contributed by atoms with E-state index in [2.05, 4.69) is 15.2 Å². The van der Waals surface area contributed by atoms with Crippen molar-refractivity contribution < 1.29 is 13.6 Å². The summed E-state index contributed by atoms with van der Waals surface area (Å²) in [4.78, 5) is 20.7. The third kappa shape index (κ3) is 3.61. The highest BCUT2D eigenvalue weighted by molar-refractivity contribution is 6.38. The van der Waals surface area contributed by atoms with Gasteiger partial charge in [0.25, 0.3) is 0 Å². The van der Waals surface area contributed by atoms with Gasteiger partial charge in [-0.1, -0.05) is 23.2 Å². The van der Waals surface area contributed by atoms with Crippen LogP contribution in [0.3, 0.4) is 0 Å². The number of rotatable bonds is 2. The van der Waals surface area contributed by atoms with E-state index in [-0.39, 0.29) is 23.8 Å². The number of aromatic nitrogens is 1. The maximum absolute atomic E-state index is 13.4. The molecular formula is C19H18Cl2F2N4O. The molecular weight excluding hydrogens is 409 g/mol. The van der Waals surface area contributed by atoms with E-state index in [1.807, 2.05) is 0 Å². The van der Waals surface area contributed by atoms with Crippen molar-refractivity contribution in [2.45, 2.75) is 31.3 Å². The number of benzene rings is 1. The van der Waals surface area contributed by atoms with Crippen molar-refractivity contribution >= 4 is 40.6 Å². The Morgan fingerprint density at radius 3 is 2.50 bits per heavy atom. The summed E-state index contributed by atoms with van der Waals surface area (Å²) < 4.78 is 26.5. The number of amides is 2. The first kappa shape index (κ1) is 19.2. The van der Waals surface area contributed by atoms with E-state index >= 15 is 0 Å². The van der Waals surface area contributed by atoms with Gasteiger partial charge in [0.2, 0.25) is 0 Å². The number of nitrogens with zero attached hydrogens (tertiary/aromatic N) is 3. The molecule has 3 saturated heterocycles. The first-order valence-electron chi connectivity index (χ1n) is 9.02. The van der Waals surface area contributed by atoms with Crippen LogP contribution >= 0.6 is 23.2 Å². The average Bonchev–Trinajstić information content (AvgIpc) is 2.97. The molecule has 2 amide bonds. The van der Waals surface area contributed by atoms with E-state index in [4.69, 9.17) is 23.2 Å². The molecule has 4 heterocycles. The number of carbonyl (C=O) groups is 1. The van der Waals surface area contributed by atoms with Crippen LogP contribution in [0.15, 0.2) is 30.6 Å². The molecule has 28 heavy (non-hydrogen) atoms. The number of urea groups is 1. The van der Waals surface area contributed by atoms with Gasteiger partial charge in [-0.3, -0.25) is 4.98 Å². The topological polar surface area (TPSA) is 48.5 Å². The van der Waals surface area contributed by atoms with Crippen molar-refractivity contribution in [1.82, 2.24) is 9.88 Å². The molecule has 0 radical (unpaired) electrons. The van der Waals surface area contributed by atoms with Gasteiger partial charge in [-0.15, -0.1) is 0 Å². The highest BCUT2D eigenvalue weighted by atomic mass is 35.5. The van der Waals surface area contributed by atoms with E-state index in [9.17, 15) is 13.6 Å². The largest absolute Gasteiger partial charge is 0.364 e. The number of fused-ring (bicyclic) bond motifs is 4. The summed E-state index contributed by atoms with van der Waals surface area (Å²) in [5.74, 6) is -1.95. The molecule has 2 bridgehead atoms. The first-order valence-corrected chi connectivity index (χ1v) is 9.78. The van der Waals surface area contributed by atoms with Crippen LogP contribution in [-0.2, 0) is 0 Å². The van der Waals surface area contributed by atoms with E-state index in [0.717, 1.165) is 37.1 Å². The number of pyridine rings is 1. The Hall–Kier alpha value is -2.12. The molecule has 2 atom stereocenters. The zero-order valence-corrected chi connectivity index (χ0v) is 16.4. The lowest BCUT2D eigenvalue weighted by atomic mass is 9.99. The predicted molar refractivity (Wildman–Crippen MR) is 105 cm³/mol. The summed E-state index contributed by atoms with van der Waals surface area (Å²) >= 11 is 12.7. The molecule has 148 valence electrons. The van der Waals surface area contributed by atoms with Gasteiger partial charge >= 0.3 is 6.03 Å². The lowest BCUT2D eigenvalue weighted by Gasteiger charge is -2.39. The minimum Gasteiger partial charge on any atom is -0.364 e. The lowest BCUT2D eigenvalue weighted by molar-refractivity contribution is 0.162. The van der Waals surface area contributed by atoms with Crippen molar-refractivity contribution in [3.63, 3.8) is 0 Å². The van der Waals surface area contributed by atoms with Gasteiger partial charge in [0.05, 0.1) is 15.7 Å². The molecule has 9 heteroatoms. The third-order valence-electron chi connectivity index (χ3n) is 5.37. The maximum Gasteiger partial charge on any atom is 0.322 e. The van der Waals surface area contributed by atoms with Crippen LogP contribution in [0.4, 0.5) is 25.0 Å². The number of nitrogens with one attached hydrogen (secondary N) is 1. The standard InChI is InChI=1S/C19H18Cl2F2N4O/c20-14-8-24-9-15(21)18(14)26-6-5-12-2-3-13(26)10-27(12)19(28)25-11-1-4-16(22)17(23)7-11/h1,4,7-9,12-13H,2-3,5-6,10H2,(H,25,28). The highest BCUT2D eigenvalue weighted by Gasteiger charge is 2.39. The summed E-state index contributed by atoms with van der Waals surface area (Å²) in [7, 11) is 0. The number of hydrogen-bond acceptors (Lipinski definition) is 3. The summed E-state index contributed by atoms with van der Waals surface area (Å²) in [6.07, 6.45) is 5.65. The predicted octanol–water partition coefficient (Wildman–Crippen LogP) is 4.94. The average molecular weight is 427 g/mol. The Balaban J connectivity index is 1.54. The second-order valence-electron chi connectivity index (χ2n) is 7.03. The smallest absolute Gasteiger partial charge is 0.322 e. The molecule has 1 N–H and O–H groups in total. The van der Waals surface area contributed by atoms with Crippen molar-refractivity contribution in [1.29, 1.82) is 0 Å². The molecule has 0 saturated carbocycles. The summed E-state index contributed by atoms with van der Waals surface area (Å²) in [6, 6.07) is 3.11. The van der Waals surface area contributed by atoms with Crippen LogP contribution in [0.5, 0.6) is 0 Å². The Labute approximate surface area is 171 Å². The van der Waals surface area contributed by atoms with Crippen LogP contribution in [0.1, 0.15) is 19.3 Å². The van der Waals surface area contributed by atoms with Gasteiger partial charge in [-0.2, -0.15) is 0 Å². The van der Waals surface area contributed by atoms with Crippen LogP contribution in [0.25, 0.3) is 0 Å². The quantitative estimate of drug-likeness (QED) is 0.739. The van der Waals surface area contributed by atoms with Gasteiger partial charge < -0.3 is 15.1 Å². The Morgan fingerprint density at radius 1 is 1.07 bits per heavy atom. The number of hydrogen-bond donors (Lipinski definition) is 1. The molecule has 3 aliphatic heterocycles. The second-order valence-corrected chi connectivity index (χ2v) is 7.84. The van der Waals surface area contributed by atoms with Gasteiger partial charge in [-0.05, 0) is 31.4 Å². The molecule has 1 aromatic heterocycles. The van der Waals surface area contributed by atoms with Gasteiger partial charge in [-0.25, -0.2) is 13.6 Å². The Kier molecular flexibility index (Phi) is 5.29. The minimum absolute atomic E-state index is 0.0610. The normalized spacial score (nSPS) is 21.6. The Morgan fingerprint density at radius 2 is 1.79 bits per heavy atom. The zero-order chi connectivity index (χ0) is 19.8. The summed E-state index contributed by atoms with van der Waals surface area (Å²) in [5.41, 5.74) is 0.966. The fourth-order valence-corrected chi connectivity index (χ4v) is 4.61. The molecule has 0 aliphatic carbocycles. The summed E-state index contributed by atoms with van der Waals surface area (Å²) in [5, 5.41) is 3.63. The molecule has 0 spiro atoms. The number of halogens is 4. The van der Waals surface area contributed by atoms with Crippen LogP contribution in [0, 0.1) is 11.6 Å². The zero-order valence-electron chi connectivity index (χ0n) is 14.8. The monoisotopic (exact) mass is 426 g/mol. The fourth-order valence-electron chi connectivity index (χ4n) is 4.02. The molecule has 2 unspecified atom stereocenters. The second kappa shape index (κ2) is 7.72. The lowest BCUT2D eigenvalue weighted by Crippen LogP contribution is -2.51. The van der Waals surface area contributed by atoms with Gasteiger partial charge in [0.15, 0.2) is 11.6 Å².